The topological polar surface area (TPSA) is 54.0 Å². The molecule has 1 aromatic heterocycles. The molecule has 3 rings (SSSR count). The Kier molecular flexibility index (Phi) is 6.80. The van der Waals surface area contributed by atoms with Crippen molar-refractivity contribution < 1.29 is 4.79 Å². The largest absolute Gasteiger partial charge is 0.301 e. The van der Waals surface area contributed by atoms with E-state index in [-0.39, 0.29) is 18.5 Å². The second-order valence-electron chi connectivity index (χ2n) is 7.49. The van der Waals surface area contributed by atoms with Crippen molar-refractivity contribution in [2.75, 3.05) is 11.9 Å². The van der Waals surface area contributed by atoms with Gasteiger partial charge in [-0.3, -0.25) is 4.79 Å². The fourth-order valence-corrected chi connectivity index (χ4v) is 4.35. The van der Waals surface area contributed by atoms with Crippen LogP contribution in [0, 0.1) is 5.92 Å². The number of benzene rings is 1. The van der Waals surface area contributed by atoms with Gasteiger partial charge in [-0.15, -0.1) is 11.3 Å². The molecule has 1 amide bonds. The Balaban J connectivity index is 1.59. The average molecular weight is 372 g/mol. The van der Waals surface area contributed by atoms with Gasteiger partial charge in [-0.1, -0.05) is 57.4 Å². The van der Waals surface area contributed by atoms with Crippen LogP contribution in [0.4, 0.5) is 5.13 Å². The van der Waals surface area contributed by atoms with Gasteiger partial charge in [0.2, 0.25) is 5.91 Å². The van der Waals surface area contributed by atoms with Crippen LogP contribution in [-0.2, 0) is 4.79 Å². The van der Waals surface area contributed by atoms with Crippen molar-refractivity contribution in [2.24, 2.45) is 5.92 Å². The molecule has 1 saturated carbocycles. The summed E-state index contributed by atoms with van der Waals surface area (Å²) in [5.41, 5.74) is 2.72. The van der Waals surface area contributed by atoms with Crippen molar-refractivity contribution in [3.8, 4) is 0 Å². The van der Waals surface area contributed by atoms with Gasteiger partial charge in [0.1, 0.15) is 0 Å². The van der Waals surface area contributed by atoms with Gasteiger partial charge in [-0.2, -0.15) is 0 Å². The summed E-state index contributed by atoms with van der Waals surface area (Å²) in [6.07, 6.45) is 8.44. The summed E-state index contributed by atoms with van der Waals surface area (Å²) in [6, 6.07) is 9.22. The molecule has 5 heteroatoms. The van der Waals surface area contributed by atoms with Crippen LogP contribution in [0.25, 0.3) is 0 Å². The molecule has 1 atom stereocenters. The Labute approximate surface area is 160 Å². The SMILES string of the molecule is CC(C)C(NCC(=O)Nc1nccs1)c1ccc(C2CCCCC2)cc1. The standard InChI is InChI=1S/C21H29N3OS/c1-15(2)20(23-14-19(25)24-21-22-12-13-26-21)18-10-8-17(9-11-18)16-6-4-3-5-7-16/h8-13,15-16,20,23H,3-7,14H2,1-2H3,(H,22,24,25). The number of hydrogen-bond donors (Lipinski definition) is 2. The summed E-state index contributed by atoms with van der Waals surface area (Å²) in [4.78, 5) is 16.2. The Morgan fingerprint density at radius 2 is 1.92 bits per heavy atom. The number of aromatic nitrogens is 1. The first-order valence-electron chi connectivity index (χ1n) is 9.66. The first kappa shape index (κ1) is 19.1. The number of amides is 1. The second kappa shape index (κ2) is 9.28. The van der Waals surface area contributed by atoms with E-state index in [2.05, 4.69) is 53.7 Å². The van der Waals surface area contributed by atoms with Gasteiger partial charge in [0.05, 0.1) is 6.54 Å². The molecule has 0 spiro atoms. The van der Waals surface area contributed by atoms with Gasteiger partial charge in [-0.25, -0.2) is 4.98 Å². The number of carbonyl (C=O) groups is 1. The fourth-order valence-electron chi connectivity index (χ4n) is 3.80. The van der Waals surface area contributed by atoms with E-state index >= 15 is 0 Å². The predicted molar refractivity (Wildman–Crippen MR) is 109 cm³/mol. The van der Waals surface area contributed by atoms with E-state index in [4.69, 9.17) is 0 Å². The van der Waals surface area contributed by atoms with Crippen LogP contribution < -0.4 is 10.6 Å². The molecule has 1 unspecified atom stereocenters. The number of rotatable bonds is 7. The van der Waals surface area contributed by atoms with Crippen LogP contribution >= 0.6 is 11.3 Å². The first-order valence-corrected chi connectivity index (χ1v) is 10.5. The van der Waals surface area contributed by atoms with Gasteiger partial charge in [0.25, 0.3) is 0 Å². The van der Waals surface area contributed by atoms with Gasteiger partial charge in [-0.05, 0) is 35.8 Å². The third kappa shape index (κ3) is 5.15. The van der Waals surface area contributed by atoms with Crippen molar-refractivity contribution in [3.05, 3.63) is 47.0 Å². The summed E-state index contributed by atoms with van der Waals surface area (Å²) in [5, 5.41) is 8.74. The summed E-state index contributed by atoms with van der Waals surface area (Å²) in [7, 11) is 0. The molecular formula is C21H29N3OS. The van der Waals surface area contributed by atoms with E-state index in [0.29, 0.717) is 11.0 Å². The van der Waals surface area contributed by atoms with Crippen LogP contribution in [0.3, 0.4) is 0 Å². The van der Waals surface area contributed by atoms with E-state index in [9.17, 15) is 4.79 Å². The second-order valence-corrected chi connectivity index (χ2v) is 8.38. The molecule has 26 heavy (non-hydrogen) atoms. The minimum absolute atomic E-state index is 0.0515. The van der Waals surface area contributed by atoms with Gasteiger partial charge in [0.15, 0.2) is 5.13 Å². The quantitative estimate of drug-likeness (QED) is 0.710. The molecule has 0 radical (unpaired) electrons. The molecule has 1 aliphatic rings. The smallest absolute Gasteiger partial charge is 0.240 e. The van der Waals surface area contributed by atoms with Crippen LogP contribution in [-0.4, -0.2) is 17.4 Å². The van der Waals surface area contributed by atoms with Crippen LogP contribution in [0.15, 0.2) is 35.8 Å². The molecule has 140 valence electrons. The Morgan fingerprint density at radius 3 is 2.54 bits per heavy atom. The third-order valence-electron chi connectivity index (χ3n) is 5.20. The third-order valence-corrected chi connectivity index (χ3v) is 5.89. The summed E-state index contributed by atoms with van der Waals surface area (Å²) >= 11 is 1.43. The molecule has 1 fully saturated rings. The van der Waals surface area contributed by atoms with Gasteiger partial charge < -0.3 is 10.6 Å². The lowest BCUT2D eigenvalue weighted by Crippen LogP contribution is -2.33. The van der Waals surface area contributed by atoms with Crippen molar-refractivity contribution in [1.29, 1.82) is 0 Å². The van der Waals surface area contributed by atoms with Crippen molar-refractivity contribution >= 4 is 22.4 Å². The van der Waals surface area contributed by atoms with Crippen LogP contribution in [0.2, 0.25) is 0 Å². The maximum absolute atomic E-state index is 12.1. The number of anilines is 1. The Hall–Kier alpha value is -1.72. The summed E-state index contributed by atoms with van der Waals surface area (Å²) in [6.45, 7) is 4.66. The normalized spacial score (nSPS) is 16.6. The zero-order chi connectivity index (χ0) is 18.4. The lowest BCUT2D eigenvalue weighted by Gasteiger charge is -2.25. The predicted octanol–water partition coefficient (Wildman–Crippen LogP) is 5.12. The molecule has 0 bridgehead atoms. The van der Waals surface area contributed by atoms with Crippen molar-refractivity contribution in [3.63, 3.8) is 0 Å². The molecule has 0 saturated heterocycles. The highest BCUT2D eigenvalue weighted by Crippen LogP contribution is 2.33. The molecule has 4 nitrogen and oxygen atoms in total. The molecular weight excluding hydrogens is 342 g/mol. The summed E-state index contributed by atoms with van der Waals surface area (Å²) < 4.78 is 0. The van der Waals surface area contributed by atoms with E-state index in [0.717, 1.165) is 5.92 Å². The molecule has 1 aromatic carbocycles. The van der Waals surface area contributed by atoms with E-state index in [1.807, 2.05) is 5.38 Å². The number of hydrogen-bond acceptors (Lipinski definition) is 4. The fraction of sp³-hybridized carbons (Fsp3) is 0.524. The van der Waals surface area contributed by atoms with Crippen LogP contribution in [0.5, 0.6) is 0 Å². The molecule has 2 aromatic rings. The maximum Gasteiger partial charge on any atom is 0.240 e. The highest BCUT2D eigenvalue weighted by atomic mass is 32.1. The average Bonchev–Trinajstić information content (AvgIpc) is 3.16. The van der Waals surface area contributed by atoms with Gasteiger partial charge >= 0.3 is 0 Å². The molecule has 1 aliphatic carbocycles. The minimum atomic E-state index is -0.0515. The lowest BCUT2D eigenvalue weighted by molar-refractivity contribution is -0.115. The number of nitrogens with zero attached hydrogens (tertiary/aromatic N) is 1. The minimum Gasteiger partial charge on any atom is -0.301 e. The first-order chi connectivity index (χ1) is 12.6. The monoisotopic (exact) mass is 371 g/mol. The Bertz CT molecular complexity index is 676. The zero-order valence-corrected chi connectivity index (χ0v) is 16.5. The lowest BCUT2D eigenvalue weighted by atomic mass is 9.83. The van der Waals surface area contributed by atoms with Gasteiger partial charge in [0, 0.05) is 17.6 Å². The van der Waals surface area contributed by atoms with Crippen molar-refractivity contribution in [2.45, 2.75) is 57.9 Å². The van der Waals surface area contributed by atoms with E-state index < -0.39 is 0 Å². The molecule has 0 aliphatic heterocycles. The van der Waals surface area contributed by atoms with E-state index in [1.54, 1.807) is 6.20 Å². The summed E-state index contributed by atoms with van der Waals surface area (Å²) in [5.74, 6) is 1.08. The van der Waals surface area contributed by atoms with E-state index in [1.165, 1.54) is 54.6 Å². The molecule has 1 heterocycles. The number of nitrogens with one attached hydrogen (secondary N) is 2. The number of carbonyl (C=O) groups excluding carboxylic acids is 1. The van der Waals surface area contributed by atoms with Crippen molar-refractivity contribution in [1.82, 2.24) is 10.3 Å². The highest BCUT2D eigenvalue weighted by molar-refractivity contribution is 7.13. The zero-order valence-electron chi connectivity index (χ0n) is 15.7. The Morgan fingerprint density at radius 1 is 1.19 bits per heavy atom. The molecule has 2 N–H and O–H groups in total. The van der Waals surface area contributed by atoms with Crippen LogP contribution in [0.1, 0.15) is 69.0 Å². The number of thiazole rings is 1. The maximum atomic E-state index is 12.1. The highest BCUT2D eigenvalue weighted by Gasteiger charge is 2.19.